The van der Waals surface area contributed by atoms with Gasteiger partial charge >= 0.3 is 0 Å². The van der Waals surface area contributed by atoms with Crippen LogP contribution >= 0.6 is 34.8 Å². The molecule has 14 heteroatoms. The highest BCUT2D eigenvalue weighted by atomic mass is 35.5. The van der Waals surface area contributed by atoms with E-state index in [-0.39, 0.29) is 5.82 Å². The summed E-state index contributed by atoms with van der Waals surface area (Å²) in [6, 6.07) is 38.1. The molecule has 10 rings (SSSR count). The minimum Gasteiger partial charge on any atom is -0.296 e. The lowest BCUT2D eigenvalue weighted by Gasteiger charge is -2.10. The highest BCUT2D eigenvalue weighted by Gasteiger charge is 2.15. The standard InChI is InChI=1S/C22H13Cl2FN4.C22H13ClF2N4/c23-15-2-5-17(6-3-15)29-20(9-10-27-29)14-1-7-19-22(11-14)28(13-26-19)21-8-4-16(24)12-18(21)25;23-15-2-8-21(18(25)12-15)28-13-26-19-7-1-14(11-22(19)28)20-9-10-27-29(20)17-5-3-16(24)4-6-17/h2*1-13H. The van der Waals surface area contributed by atoms with Gasteiger partial charge in [0, 0.05) is 26.2 Å². The Labute approximate surface area is 343 Å². The van der Waals surface area contributed by atoms with Gasteiger partial charge in [0.05, 0.1) is 68.6 Å². The molecule has 0 saturated heterocycles. The van der Waals surface area contributed by atoms with Gasteiger partial charge in [-0.25, -0.2) is 32.5 Å². The SMILES string of the molecule is Fc1cc(Cl)ccc1-n1cnc2ccc(-c3ccnn3-c3ccc(Cl)cc3)cc21.Fc1ccc(-n2nccc2-c2ccc3ncn(-c4ccc(Cl)cc4F)c3c2)cc1. The molecule has 0 radical (unpaired) electrons. The molecule has 4 heterocycles. The lowest BCUT2D eigenvalue weighted by molar-refractivity contribution is 0.619. The van der Waals surface area contributed by atoms with Gasteiger partial charge in [0.1, 0.15) is 30.1 Å². The molecule has 4 aromatic heterocycles. The zero-order valence-corrected chi connectivity index (χ0v) is 32.1. The molecule has 10 aromatic rings. The van der Waals surface area contributed by atoms with Crippen LogP contribution in [0.2, 0.25) is 15.1 Å². The van der Waals surface area contributed by atoms with Crippen molar-refractivity contribution in [3.05, 3.63) is 191 Å². The van der Waals surface area contributed by atoms with Crippen LogP contribution in [0.1, 0.15) is 0 Å². The molecule has 0 aliphatic heterocycles. The largest absolute Gasteiger partial charge is 0.296 e. The molecule has 0 aliphatic rings. The van der Waals surface area contributed by atoms with Crippen LogP contribution in [0, 0.1) is 17.5 Å². The third-order valence-electron chi connectivity index (χ3n) is 9.45. The molecule has 0 unspecified atom stereocenters. The lowest BCUT2D eigenvalue weighted by Crippen LogP contribution is -1.99. The number of aromatic nitrogens is 8. The minimum absolute atomic E-state index is 0.308. The van der Waals surface area contributed by atoms with Crippen LogP contribution in [0.3, 0.4) is 0 Å². The second-order valence-corrected chi connectivity index (χ2v) is 14.3. The highest BCUT2D eigenvalue weighted by Crippen LogP contribution is 2.31. The van der Waals surface area contributed by atoms with E-state index in [1.807, 2.05) is 77.5 Å². The third kappa shape index (κ3) is 7.11. The number of hydrogen-bond acceptors (Lipinski definition) is 4. The molecule has 284 valence electrons. The van der Waals surface area contributed by atoms with E-state index in [0.717, 1.165) is 56.0 Å². The predicted molar refractivity (Wildman–Crippen MR) is 222 cm³/mol. The fraction of sp³-hybridized carbons (Fsp3) is 0. The van der Waals surface area contributed by atoms with Crippen LogP contribution in [0.5, 0.6) is 0 Å². The van der Waals surface area contributed by atoms with E-state index in [1.165, 1.54) is 24.3 Å². The van der Waals surface area contributed by atoms with Crippen LogP contribution < -0.4 is 0 Å². The average Bonchev–Trinajstić information content (AvgIpc) is 4.05. The molecule has 0 fully saturated rings. The summed E-state index contributed by atoms with van der Waals surface area (Å²) in [5, 5.41) is 10.2. The van der Waals surface area contributed by atoms with Crippen LogP contribution in [0.4, 0.5) is 13.2 Å². The van der Waals surface area contributed by atoms with E-state index in [4.69, 9.17) is 34.8 Å². The molecular weight excluding hydrogens is 804 g/mol. The van der Waals surface area contributed by atoms with Crippen molar-refractivity contribution in [3.8, 4) is 45.3 Å². The third-order valence-corrected chi connectivity index (χ3v) is 10.2. The fourth-order valence-electron chi connectivity index (χ4n) is 6.69. The molecule has 58 heavy (non-hydrogen) atoms. The van der Waals surface area contributed by atoms with Crippen molar-refractivity contribution in [2.45, 2.75) is 0 Å². The van der Waals surface area contributed by atoms with Crippen LogP contribution in [0.25, 0.3) is 67.3 Å². The maximum absolute atomic E-state index is 14.5. The van der Waals surface area contributed by atoms with Gasteiger partial charge in [-0.3, -0.25) is 9.13 Å². The average molecular weight is 830 g/mol. The van der Waals surface area contributed by atoms with Crippen molar-refractivity contribution >= 4 is 56.9 Å². The Morgan fingerprint density at radius 2 is 0.862 bits per heavy atom. The first-order chi connectivity index (χ1) is 28.2. The summed E-state index contributed by atoms with van der Waals surface area (Å²) in [6.45, 7) is 0. The number of hydrogen-bond donors (Lipinski definition) is 0. The summed E-state index contributed by atoms with van der Waals surface area (Å²) >= 11 is 17.8. The second kappa shape index (κ2) is 15.4. The van der Waals surface area contributed by atoms with Crippen molar-refractivity contribution in [1.29, 1.82) is 0 Å². The van der Waals surface area contributed by atoms with Gasteiger partial charge in [0.15, 0.2) is 0 Å². The molecule has 0 amide bonds. The van der Waals surface area contributed by atoms with Gasteiger partial charge in [-0.05, 0) is 121 Å². The van der Waals surface area contributed by atoms with Crippen LogP contribution in [0.15, 0.2) is 159 Å². The zero-order chi connectivity index (χ0) is 39.9. The van der Waals surface area contributed by atoms with E-state index in [9.17, 15) is 13.2 Å². The normalized spacial score (nSPS) is 11.3. The molecular formula is C44H26Cl3F3N8. The minimum atomic E-state index is -0.432. The maximum atomic E-state index is 14.5. The van der Waals surface area contributed by atoms with Crippen LogP contribution in [-0.4, -0.2) is 38.7 Å². The van der Waals surface area contributed by atoms with Gasteiger partial charge in [-0.2, -0.15) is 10.2 Å². The summed E-state index contributed by atoms with van der Waals surface area (Å²) in [4.78, 5) is 8.77. The van der Waals surface area contributed by atoms with Gasteiger partial charge in [-0.15, -0.1) is 0 Å². The fourth-order valence-corrected chi connectivity index (χ4v) is 7.13. The summed E-state index contributed by atoms with van der Waals surface area (Å²) in [5.74, 6) is -1.15. The Morgan fingerprint density at radius 1 is 0.431 bits per heavy atom. The maximum Gasteiger partial charge on any atom is 0.148 e. The summed E-state index contributed by atoms with van der Waals surface area (Å²) in [7, 11) is 0. The Balaban J connectivity index is 0.000000150. The van der Waals surface area contributed by atoms with E-state index in [1.54, 1.807) is 75.3 Å². The monoisotopic (exact) mass is 828 g/mol. The molecule has 0 saturated carbocycles. The van der Waals surface area contributed by atoms with Crippen molar-refractivity contribution in [3.63, 3.8) is 0 Å². The van der Waals surface area contributed by atoms with Crippen molar-refractivity contribution in [2.75, 3.05) is 0 Å². The number of benzene rings is 6. The highest BCUT2D eigenvalue weighted by molar-refractivity contribution is 6.31. The quantitative estimate of drug-likeness (QED) is 0.167. The van der Waals surface area contributed by atoms with Gasteiger partial charge < -0.3 is 0 Å². The molecule has 0 spiro atoms. The van der Waals surface area contributed by atoms with Crippen LogP contribution in [-0.2, 0) is 0 Å². The first-order valence-electron chi connectivity index (χ1n) is 17.7. The lowest BCUT2D eigenvalue weighted by atomic mass is 10.1. The molecule has 0 aliphatic carbocycles. The summed E-state index contributed by atoms with van der Waals surface area (Å²) < 4.78 is 49.2. The number of rotatable bonds is 6. The Kier molecular flexibility index (Phi) is 9.78. The number of imidazole rings is 2. The van der Waals surface area contributed by atoms with Gasteiger partial charge in [0.25, 0.3) is 0 Å². The number of halogens is 6. The smallest absolute Gasteiger partial charge is 0.148 e. The zero-order valence-electron chi connectivity index (χ0n) is 29.9. The summed E-state index contributed by atoms with van der Waals surface area (Å²) in [5.41, 5.74) is 8.94. The summed E-state index contributed by atoms with van der Waals surface area (Å²) in [6.07, 6.45) is 6.61. The Morgan fingerprint density at radius 3 is 1.31 bits per heavy atom. The second-order valence-electron chi connectivity index (χ2n) is 13.0. The molecule has 0 N–H and O–H groups in total. The molecule has 8 nitrogen and oxygen atoms in total. The predicted octanol–water partition coefficient (Wildman–Crippen LogP) is 12.1. The van der Waals surface area contributed by atoms with Crippen molar-refractivity contribution < 1.29 is 13.2 Å². The topological polar surface area (TPSA) is 71.3 Å². The van der Waals surface area contributed by atoms with Gasteiger partial charge in [-0.1, -0.05) is 46.9 Å². The molecule has 0 bridgehead atoms. The van der Waals surface area contributed by atoms with Crippen molar-refractivity contribution in [1.82, 2.24) is 38.7 Å². The molecule has 6 aromatic carbocycles. The molecule has 0 atom stereocenters. The van der Waals surface area contributed by atoms with E-state index < -0.39 is 11.6 Å². The Bertz CT molecular complexity index is 2890. The first-order valence-corrected chi connectivity index (χ1v) is 18.8. The van der Waals surface area contributed by atoms with Crippen molar-refractivity contribution in [2.24, 2.45) is 0 Å². The van der Waals surface area contributed by atoms with E-state index >= 15 is 0 Å². The van der Waals surface area contributed by atoms with E-state index in [2.05, 4.69) is 20.2 Å². The first kappa shape index (κ1) is 36.9. The number of fused-ring (bicyclic) bond motifs is 2. The van der Waals surface area contributed by atoms with Gasteiger partial charge in [0.2, 0.25) is 0 Å². The number of nitrogens with zero attached hydrogens (tertiary/aromatic N) is 8. The van der Waals surface area contributed by atoms with E-state index in [0.29, 0.717) is 26.4 Å². The Hall–Kier alpha value is -6.66.